The van der Waals surface area contributed by atoms with Crippen LogP contribution >= 0.6 is 22.7 Å². The second kappa shape index (κ2) is 6.95. The van der Waals surface area contributed by atoms with Crippen LogP contribution in [0, 0.1) is 0 Å². The molecule has 0 radical (unpaired) electrons. The lowest BCUT2D eigenvalue weighted by Gasteiger charge is -2.22. The van der Waals surface area contributed by atoms with Crippen LogP contribution in [0.4, 0.5) is 0 Å². The molecule has 0 bridgehead atoms. The Labute approximate surface area is 167 Å². The first kappa shape index (κ1) is 17.3. The number of carbonyl (C=O) groups excluding carboxylic acids is 1. The minimum atomic E-state index is -0.263. The molecule has 0 unspecified atom stereocenters. The summed E-state index contributed by atoms with van der Waals surface area (Å²) in [5.74, 6) is 0.737. The van der Waals surface area contributed by atoms with Gasteiger partial charge < -0.3 is 9.32 Å². The lowest BCUT2D eigenvalue weighted by Crippen LogP contribution is -2.36. The highest BCUT2D eigenvalue weighted by Crippen LogP contribution is 2.33. The largest absolute Gasteiger partial charge is 0.418 e. The van der Waals surface area contributed by atoms with Crippen molar-refractivity contribution in [3.8, 4) is 11.5 Å². The zero-order valence-electron chi connectivity index (χ0n) is 14.6. The maximum atomic E-state index is 12.9. The number of nitrogens with zero attached hydrogens (tertiary/aromatic N) is 5. The van der Waals surface area contributed by atoms with E-state index >= 15 is 0 Å². The summed E-state index contributed by atoms with van der Waals surface area (Å²) in [5.41, 5.74) is 0.675. The van der Waals surface area contributed by atoms with Crippen LogP contribution in [0.25, 0.3) is 21.7 Å². The van der Waals surface area contributed by atoms with Crippen LogP contribution in [0.3, 0.4) is 0 Å². The van der Waals surface area contributed by atoms with Crippen molar-refractivity contribution in [1.82, 2.24) is 24.6 Å². The van der Waals surface area contributed by atoms with Crippen LogP contribution in [-0.2, 0) is 11.3 Å². The van der Waals surface area contributed by atoms with Crippen molar-refractivity contribution in [2.45, 2.75) is 25.4 Å². The molecule has 5 rings (SSSR count). The van der Waals surface area contributed by atoms with Crippen molar-refractivity contribution in [3.05, 3.63) is 50.8 Å². The second-order valence-electron chi connectivity index (χ2n) is 6.52. The molecule has 28 heavy (non-hydrogen) atoms. The summed E-state index contributed by atoms with van der Waals surface area (Å²) in [5, 5.41) is 14.5. The fourth-order valence-corrected chi connectivity index (χ4v) is 4.79. The molecule has 4 aromatic rings. The van der Waals surface area contributed by atoms with Gasteiger partial charge in [-0.1, -0.05) is 0 Å². The molecule has 1 saturated heterocycles. The van der Waals surface area contributed by atoms with Gasteiger partial charge in [0.2, 0.25) is 17.7 Å². The first-order valence-electron chi connectivity index (χ1n) is 8.79. The van der Waals surface area contributed by atoms with Gasteiger partial charge in [0.25, 0.3) is 5.56 Å². The van der Waals surface area contributed by atoms with Gasteiger partial charge in [-0.15, -0.1) is 21.5 Å². The molecule has 1 amide bonds. The molecule has 8 nitrogen and oxygen atoms in total. The Kier molecular flexibility index (Phi) is 4.29. The number of fused-ring (bicyclic) bond motifs is 1. The first-order valence-corrected chi connectivity index (χ1v) is 10.6. The topological polar surface area (TPSA) is 94.1 Å². The van der Waals surface area contributed by atoms with Crippen molar-refractivity contribution in [1.29, 1.82) is 0 Å². The van der Waals surface area contributed by atoms with Crippen LogP contribution in [0.1, 0.15) is 24.8 Å². The summed E-state index contributed by atoms with van der Waals surface area (Å²) >= 11 is 2.96. The predicted octanol–water partition coefficient (Wildman–Crippen LogP) is 2.93. The van der Waals surface area contributed by atoms with E-state index in [0.29, 0.717) is 28.5 Å². The predicted molar refractivity (Wildman–Crippen MR) is 105 cm³/mol. The summed E-state index contributed by atoms with van der Waals surface area (Å²) < 4.78 is 7.18. The third-order valence-corrected chi connectivity index (χ3v) is 6.33. The molecule has 0 saturated carbocycles. The van der Waals surface area contributed by atoms with E-state index in [2.05, 4.69) is 15.2 Å². The molecule has 0 aliphatic carbocycles. The molecule has 5 heterocycles. The Morgan fingerprint density at radius 2 is 2.21 bits per heavy atom. The zero-order valence-corrected chi connectivity index (χ0v) is 16.3. The molecule has 1 aliphatic heterocycles. The average Bonchev–Trinajstić information content (AvgIpc) is 3.48. The summed E-state index contributed by atoms with van der Waals surface area (Å²) in [6.07, 6.45) is 3.04. The molecule has 1 aliphatic rings. The SMILES string of the molecule is O=C(Cn1cnc2sccc2c1=O)N1CCC[C@H]1c1nnc(-c2ccsc2)o1. The highest BCUT2D eigenvalue weighted by molar-refractivity contribution is 7.16. The Balaban J connectivity index is 1.38. The summed E-state index contributed by atoms with van der Waals surface area (Å²) in [6.45, 7) is 0.544. The summed E-state index contributed by atoms with van der Waals surface area (Å²) in [7, 11) is 0. The van der Waals surface area contributed by atoms with Crippen molar-refractivity contribution in [2.24, 2.45) is 0 Å². The van der Waals surface area contributed by atoms with Crippen molar-refractivity contribution in [2.75, 3.05) is 6.54 Å². The quantitative estimate of drug-likeness (QED) is 0.511. The van der Waals surface area contributed by atoms with E-state index in [9.17, 15) is 9.59 Å². The number of thiophene rings is 2. The summed E-state index contributed by atoms with van der Waals surface area (Å²) in [4.78, 5) is 32.1. The van der Waals surface area contributed by atoms with E-state index < -0.39 is 0 Å². The minimum absolute atomic E-state index is 0.0559. The third-order valence-electron chi connectivity index (χ3n) is 4.82. The van der Waals surface area contributed by atoms with Crippen molar-refractivity contribution < 1.29 is 9.21 Å². The van der Waals surface area contributed by atoms with Crippen LogP contribution in [-0.4, -0.2) is 37.1 Å². The van der Waals surface area contributed by atoms with Crippen molar-refractivity contribution >= 4 is 38.8 Å². The molecule has 142 valence electrons. The van der Waals surface area contributed by atoms with Gasteiger partial charge in [-0.2, -0.15) is 11.3 Å². The van der Waals surface area contributed by atoms with Gasteiger partial charge in [-0.05, 0) is 35.7 Å². The monoisotopic (exact) mass is 413 g/mol. The summed E-state index contributed by atoms with van der Waals surface area (Å²) in [6, 6.07) is 3.39. The fourth-order valence-electron chi connectivity index (χ4n) is 3.44. The van der Waals surface area contributed by atoms with Crippen LogP contribution in [0.15, 0.2) is 43.8 Å². The zero-order chi connectivity index (χ0) is 19.1. The van der Waals surface area contributed by atoms with Crippen molar-refractivity contribution in [3.63, 3.8) is 0 Å². The number of hydrogen-bond acceptors (Lipinski definition) is 8. The maximum Gasteiger partial charge on any atom is 0.262 e. The number of carbonyl (C=O) groups is 1. The smallest absolute Gasteiger partial charge is 0.262 e. The van der Waals surface area contributed by atoms with Gasteiger partial charge in [0, 0.05) is 17.5 Å². The Hall–Kier alpha value is -2.85. The van der Waals surface area contributed by atoms with E-state index in [1.54, 1.807) is 22.3 Å². The molecule has 0 N–H and O–H groups in total. The lowest BCUT2D eigenvalue weighted by molar-refractivity contribution is -0.133. The Morgan fingerprint density at radius 1 is 1.29 bits per heavy atom. The number of rotatable bonds is 4. The fraction of sp³-hybridized carbons (Fsp3) is 0.278. The normalized spacial score (nSPS) is 16.9. The van der Waals surface area contributed by atoms with Gasteiger partial charge in [0.1, 0.15) is 17.4 Å². The molecule has 0 aromatic carbocycles. The van der Waals surface area contributed by atoms with E-state index in [1.165, 1.54) is 22.2 Å². The van der Waals surface area contributed by atoms with E-state index in [-0.39, 0.29) is 24.1 Å². The Morgan fingerprint density at radius 3 is 3.07 bits per heavy atom. The van der Waals surface area contributed by atoms with E-state index in [0.717, 1.165) is 18.4 Å². The third kappa shape index (κ3) is 2.94. The van der Waals surface area contributed by atoms with Gasteiger partial charge in [-0.25, -0.2) is 4.98 Å². The Bertz CT molecular complexity index is 1190. The van der Waals surface area contributed by atoms with Gasteiger partial charge in [0.05, 0.1) is 11.7 Å². The minimum Gasteiger partial charge on any atom is -0.418 e. The number of aromatic nitrogens is 4. The molecular weight excluding hydrogens is 398 g/mol. The standard InChI is InChI=1S/C18H15N5O3S2/c24-14(8-22-10-19-17-12(18(22)25)4-7-28-17)23-5-1-2-13(23)16-21-20-15(26-16)11-3-6-27-9-11/h3-4,6-7,9-10,13H,1-2,5,8H2/t13-/m0/s1. The van der Waals surface area contributed by atoms with E-state index in [1.807, 2.05) is 22.2 Å². The number of amides is 1. The molecule has 1 atom stereocenters. The lowest BCUT2D eigenvalue weighted by atomic mass is 10.2. The van der Waals surface area contributed by atoms with Crippen LogP contribution in [0.5, 0.6) is 0 Å². The van der Waals surface area contributed by atoms with Crippen LogP contribution < -0.4 is 5.56 Å². The van der Waals surface area contributed by atoms with Gasteiger partial charge >= 0.3 is 0 Å². The second-order valence-corrected chi connectivity index (χ2v) is 8.19. The number of likely N-dealkylation sites (tertiary alicyclic amines) is 1. The van der Waals surface area contributed by atoms with E-state index in [4.69, 9.17) is 4.42 Å². The maximum absolute atomic E-state index is 12.9. The molecule has 10 heteroatoms. The molecule has 4 aromatic heterocycles. The van der Waals surface area contributed by atoms with Crippen LogP contribution in [0.2, 0.25) is 0 Å². The highest BCUT2D eigenvalue weighted by Gasteiger charge is 2.34. The van der Waals surface area contributed by atoms with Gasteiger partial charge in [0.15, 0.2) is 0 Å². The first-order chi connectivity index (χ1) is 13.7. The average molecular weight is 413 g/mol. The molecule has 1 fully saturated rings. The molecular formula is C18H15N5O3S2. The molecule has 0 spiro atoms. The highest BCUT2D eigenvalue weighted by atomic mass is 32.1. The number of hydrogen-bond donors (Lipinski definition) is 0. The van der Waals surface area contributed by atoms with Gasteiger partial charge in [-0.3, -0.25) is 14.2 Å².